The first-order chi connectivity index (χ1) is 14.6. The quantitative estimate of drug-likeness (QED) is 0.487. The molecule has 4 rings (SSSR count). The molecule has 30 heavy (non-hydrogen) atoms. The van der Waals surface area contributed by atoms with Crippen LogP contribution >= 0.6 is 11.8 Å². The van der Waals surface area contributed by atoms with Crippen molar-refractivity contribution >= 4 is 45.4 Å². The number of hydrogen-bond donors (Lipinski definition) is 4. The van der Waals surface area contributed by atoms with Crippen molar-refractivity contribution in [2.24, 2.45) is 15.7 Å². The lowest BCUT2D eigenvalue weighted by Gasteiger charge is -2.18. The number of carbonyl (C=O) groups excluding carboxylic acids is 1. The molecule has 154 valence electrons. The first-order valence-electron chi connectivity index (χ1n) is 9.52. The molecule has 5 N–H and O–H groups in total. The minimum Gasteiger partial charge on any atom is -0.494 e. The predicted octanol–water partition coefficient (Wildman–Crippen LogP) is 3.21. The van der Waals surface area contributed by atoms with Gasteiger partial charge >= 0.3 is 0 Å². The lowest BCUT2D eigenvalue weighted by atomic mass is 10.1. The van der Waals surface area contributed by atoms with E-state index in [0.29, 0.717) is 17.5 Å². The second-order valence-corrected chi connectivity index (χ2v) is 7.50. The van der Waals surface area contributed by atoms with Crippen LogP contribution in [0.1, 0.15) is 18.7 Å². The summed E-state index contributed by atoms with van der Waals surface area (Å²) in [6.07, 6.45) is 1.43. The molecule has 0 unspecified atom stereocenters. The molecule has 1 aliphatic rings. The summed E-state index contributed by atoms with van der Waals surface area (Å²) in [5.74, 6) is 1.09. The Labute approximate surface area is 178 Å². The lowest BCUT2D eigenvalue weighted by Crippen LogP contribution is -2.39. The Balaban J connectivity index is 1.39. The van der Waals surface area contributed by atoms with Crippen molar-refractivity contribution in [1.82, 2.24) is 10.3 Å². The molecule has 1 aromatic heterocycles. The van der Waals surface area contributed by atoms with E-state index in [9.17, 15) is 4.79 Å². The van der Waals surface area contributed by atoms with Crippen LogP contribution in [0.5, 0.6) is 5.75 Å². The fourth-order valence-electron chi connectivity index (χ4n) is 3.10. The maximum absolute atomic E-state index is 12.3. The first-order valence-corrected chi connectivity index (χ1v) is 10.5. The summed E-state index contributed by atoms with van der Waals surface area (Å²) in [5, 5.41) is 7.39. The number of carbonyl (C=O) groups is 1. The van der Waals surface area contributed by atoms with Gasteiger partial charge in [0.2, 0.25) is 5.91 Å². The van der Waals surface area contributed by atoms with Gasteiger partial charge in [0.15, 0.2) is 17.3 Å². The van der Waals surface area contributed by atoms with Crippen molar-refractivity contribution in [3.8, 4) is 5.75 Å². The van der Waals surface area contributed by atoms with E-state index < -0.39 is 6.17 Å². The Morgan fingerprint density at radius 1 is 1.20 bits per heavy atom. The molecule has 0 saturated carbocycles. The molecule has 2 heterocycles. The van der Waals surface area contributed by atoms with Crippen LogP contribution in [0.2, 0.25) is 0 Å². The number of nitrogens with two attached hydrogens (primary N) is 1. The number of hydrogen-bond acceptors (Lipinski definition) is 7. The summed E-state index contributed by atoms with van der Waals surface area (Å²) in [4.78, 5) is 24.6. The fraction of sp³-hybridized carbons (Fsp3) is 0.190. The predicted molar refractivity (Wildman–Crippen MR) is 122 cm³/mol. The number of nitrogens with one attached hydrogen (secondary N) is 3. The number of ether oxygens (including phenoxy) is 1. The highest BCUT2D eigenvalue weighted by Gasteiger charge is 2.20. The number of amidine groups is 1. The molecule has 1 atom stereocenters. The van der Waals surface area contributed by atoms with Crippen molar-refractivity contribution < 1.29 is 9.53 Å². The van der Waals surface area contributed by atoms with E-state index in [1.54, 1.807) is 0 Å². The number of amides is 1. The average Bonchev–Trinajstić information content (AvgIpc) is 3.18. The minimum atomic E-state index is -0.459. The Kier molecular flexibility index (Phi) is 5.89. The van der Waals surface area contributed by atoms with Crippen LogP contribution in [0, 0.1) is 0 Å². The second kappa shape index (κ2) is 8.91. The third-order valence-electron chi connectivity index (χ3n) is 4.42. The maximum Gasteiger partial charge on any atom is 0.234 e. The molecule has 1 aliphatic heterocycles. The highest BCUT2D eigenvalue weighted by atomic mass is 32.2. The largest absolute Gasteiger partial charge is 0.494 e. The molecule has 8 nitrogen and oxygen atoms in total. The highest BCUT2D eigenvalue weighted by molar-refractivity contribution is 8.14. The smallest absolute Gasteiger partial charge is 0.234 e. The number of fused-ring (bicyclic) bond motifs is 1. The number of benzene rings is 2. The maximum atomic E-state index is 12.3. The molecular weight excluding hydrogens is 400 g/mol. The molecule has 0 radical (unpaired) electrons. The van der Waals surface area contributed by atoms with Crippen molar-refractivity contribution in [3.63, 3.8) is 0 Å². The molecule has 0 saturated heterocycles. The van der Waals surface area contributed by atoms with E-state index >= 15 is 0 Å². The zero-order chi connectivity index (χ0) is 20.9. The van der Waals surface area contributed by atoms with Gasteiger partial charge in [0.1, 0.15) is 5.75 Å². The molecule has 0 bridgehead atoms. The zero-order valence-corrected chi connectivity index (χ0v) is 17.2. The Hall–Kier alpha value is -3.46. The summed E-state index contributed by atoms with van der Waals surface area (Å²) < 4.78 is 5.40. The fourth-order valence-corrected chi connectivity index (χ4v) is 3.79. The summed E-state index contributed by atoms with van der Waals surface area (Å²) in [6, 6.07) is 15.2. The molecule has 0 fully saturated rings. The zero-order valence-electron chi connectivity index (χ0n) is 16.4. The van der Waals surface area contributed by atoms with Gasteiger partial charge < -0.3 is 26.1 Å². The van der Waals surface area contributed by atoms with Gasteiger partial charge in [0, 0.05) is 28.4 Å². The van der Waals surface area contributed by atoms with Crippen LogP contribution < -0.4 is 21.1 Å². The SMILES string of the molecule is CCOc1ccc(NC(=O)CSC2=N[C@@H](c3c[nH]c4ccccc34)N=C(N)N2)cc1. The van der Waals surface area contributed by atoms with Crippen LogP contribution in [0.3, 0.4) is 0 Å². The third-order valence-corrected chi connectivity index (χ3v) is 5.31. The summed E-state index contributed by atoms with van der Waals surface area (Å²) in [5.41, 5.74) is 8.62. The van der Waals surface area contributed by atoms with Crippen LogP contribution in [0.15, 0.2) is 64.7 Å². The van der Waals surface area contributed by atoms with E-state index in [-0.39, 0.29) is 17.6 Å². The minimum absolute atomic E-state index is 0.140. The van der Waals surface area contributed by atoms with Crippen LogP contribution in [0.25, 0.3) is 10.9 Å². The van der Waals surface area contributed by atoms with Gasteiger partial charge in [-0.05, 0) is 37.3 Å². The summed E-state index contributed by atoms with van der Waals surface area (Å²) in [6.45, 7) is 2.53. The molecule has 9 heteroatoms. The van der Waals surface area contributed by atoms with Crippen LogP contribution in [0.4, 0.5) is 5.69 Å². The van der Waals surface area contributed by atoms with Crippen molar-refractivity contribution in [3.05, 3.63) is 60.3 Å². The number of para-hydroxylation sites is 1. The topological polar surface area (TPSA) is 117 Å². The number of H-pyrrole nitrogens is 1. The van der Waals surface area contributed by atoms with E-state index in [1.807, 2.05) is 61.7 Å². The van der Waals surface area contributed by atoms with Gasteiger partial charge in [-0.2, -0.15) is 0 Å². The summed E-state index contributed by atoms with van der Waals surface area (Å²) in [7, 11) is 0. The van der Waals surface area contributed by atoms with Gasteiger partial charge in [-0.1, -0.05) is 30.0 Å². The molecule has 3 aromatic rings. The van der Waals surface area contributed by atoms with Gasteiger partial charge in [-0.3, -0.25) is 4.79 Å². The molecule has 0 aliphatic carbocycles. The van der Waals surface area contributed by atoms with Gasteiger partial charge in [0.25, 0.3) is 0 Å². The van der Waals surface area contributed by atoms with E-state index in [4.69, 9.17) is 10.5 Å². The van der Waals surface area contributed by atoms with Gasteiger partial charge in [0.05, 0.1) is 12.4 Å². The second-order valence-electron chi connectivity index (χ2n) is 6.53. The van der Waals surface area contributed by atoms with Crippen LogP contribution in [-0.2, 0) is 4.79 Å². The Morgan fingerprint density at radius 2 is 2.00 bits per heavy atom. The Bertz CT molecular complexity index is 1110. The summed E-state index contributed by atoms with van der Waals surface area (Å²) >= 11 is 1.28. The van der Waals surface area contributed by atoms with E-state index in [0.717, 1.165) is 22.2 Å². The van der Waals surface area contributed by atoms with Gasteiger partial charge in [-0.15, -0.1) is 0 Å². The first kappa shape index (κ1) is 19.8. The highest BCUT2D eigenvalue weighted by Crippen LogP contribution is 2.29. The number of nitrogens with zero attached hydrogens (tertiary/aromatic N) is 2. The number of guanidine groups is 1. The number of anilines is 1. The monoisotopic (exact) mass is 422 g/mol. The molecular formula is C21H22N6O2S. The molecule has 2 aromatic carbocycles. The van der Waals surface area contributed by atoms with E-state index in [1.165, 1.54) is 11.8 Å². The number of thioether (sulfide) groups is 1. The van der Waals surface area contributed by atoms with Crippen molar-refractivity contribution in [2.75, 3.05) is 17.7 Å². The van der Waals surface area contributed by atoms with Crippen LogP contribution in [-0.4, -0.2) is 34.4 Å². The number of aromatic nitrogens is 1. The van der Waals surface area contributed by atoms with E-state index in [2.05, 4.69) is 25.6 Å². The normalized spacial score (nSPS) is 15.8. The molecule has 1 amide bonds. The molecule has 0 spiro atoms. The average molecular weight is 423 g/mol. The lowest BCUT2D eigenvalue weighted by molar-refractivity contribution is -0.113. The third kappa shape index (κ3) is 4.57. The number of rotatable bonds is 6. The standard InChI is InChI=1S/C21H22N6O2S/c1-2-29-14-9-7-13(8-10-14)24-18(28)12-30-21-26-19(25-20(22)27-21)16-11-23-17-6-4-3-5-15(16)17/h3-11,19,23H,2,12H2,1H3,(H,24,28)(H3,22,25,26,27)/t19-/m0/s1. The number of aliphatic imine (C=N–C) groups is 2. The number of aromatic amines is 1. The van der Waals surface area contributed by atoms with Crippen molar-refractivity contribution in [1.29, 1.82) is 0 Å². The van der Waals surface area contributed by atoms with Crippen molar-refractivity contribution in [2.45, 2.75) is 13.1 Å². The van der Waals surface area contributed by atoms with Gasteiger partial charge in [-0.25, -0.2) is 9.98 Å². The Morgan fingerprint density at radius 3 is 2.80 bits per heavy atom.